The molecule has 29 heavy (non-hydrogen) atoms. The first-order valence-electron chi connectivity index (χ1n) is 9.70. The zero-order chi connectivity index (χ0) is 20.9. The van der Waals surface area contributed by atoms with Crippen LogP contribution in [0.1, 0.15) is 35.1 Å². The van der Waals surface area contributed by atoms with E-state index in [4.69, 9.17) is 0 Å². The Bertz CT molecular complexity index is 814. The third-order valence-electron chi connectivity index (χ3n) is 5.09. The van der Waals surface area contributed by atoms with Gasteiger partial charge in [-0.05, 0) is 35.6 Å². The van der Waals surface area contributed by atoms with Crippen LogP contribution >= 0.6 is 0 Å². The summed E-state index contributed by atoms with van der Waals surface area (Å²) in [6.45, 7) is 2.92. The van der Waals surface area contributed by atoms with E-state index < -0.39 is 11.7 Å². The van der Waals surface area contributed by atoms with Gasteiger partial charge in [-0.2, -0.15) is 13.2 Å². The molecule has 3 rings (SSSR count). The van der Waals surface area contributed by atoms with E-state index in [0.29, 0.717) is 12.1 Å². The van der Waals surface area contributed by atoms with Gasteiger partial charge in [-0.25, -0.2) is 0 Å². The fourth-order valence-corrected chi connectivity index (χ4v) is 3.40. The summed E-state index contributed by atoms with van der Waals surface area (Å²) in [6, 6.07) is 12.7. The van der Waals surface area contributed by atoms with E-state index in [0.717, 1.165) is 50.2 Å². The number of benzene rings is 2. The van der Waals surface area contributed by atoms with Crippen molar-refractivity contribution in [3.05, 3.63) is 70.8 Å². The summed E-state index contributed by atoms with van der Waals surface area (Å²) in [5.74, 6) is -0.319. The average molecular weight is 406 g/mol. The molecule has 0 aliphatic carbocycles. The van der Waals surface area contributed by atoms with Crippen LogP contribution in [0.15, 0.2) is 48.5 Å². The van der Waals surface area contributed by atoms with Gasteiger partial charge in [0, 0.05) is 26.2 Å². The number of nitrogens with zero attached hydrogens (tertiary/aromatic N) is 1. The van der Waals surface area contributed by atoms with Crippen LogP contribution in [0.3, 0.4) is 0 Å². The molecule has 0 radical (unpaired) electrons. The highest BCUT2D eigenvalue weighted by atomic mass is 19.4. The number of rotatable bonds is 6. The number of piperidine rings is 1. The second-order valence-corrected chi connectivity index (χ2v) is 7.48. The van der Waals surface area contributed by atoms with Crippen molar-refractivity contribution in [2.45, 2.75) is 44.6 Å². The fourth-order valence-electron chi connectivity index (χ4n) is 3.40. The summed E-state index contributed by atoms with van der Waals surface area (Å²) in [7, 11) is 0. The van der Waals surface area contributed by atoms with Crippen LogP contribution in [-0.2, 0) is 30.5 Å². The molecule has 0 unspecified atom stereocenters. The number of halogens is 3. The van der Waals surface area contributed by atoms with Gasteiger partial charge in [0.15, 0.2) is 0 Å². The molecule has 7 heteroatoms. The lowest BCUT2D eigenvalue weighted by Crippen LogP contribution is -2.35. The van der Waals surface area contributed by atoms with Gasteiger partial charge in [0.25, 0.3) is 0 Å². The Morgan fingerprint density at radius 1 is 1.03 bits per heavy atom. The van der Waals surface area contributed by atoms with Crippen LogP contribution in [0.25, 0.3) is 0 Å². The number of aliphatic hydroxyl groups is 1. The number of aliphatic hydroxyl groups excluding tert-OH is 1. The summed E-state index contributed by atoms with van der Waals surface area (Å²) < 4.78 is 38.3. The SMILES string of the molecule is O=C(Cc1cccc(C(F)(F)F)c1)NCc1ccc(CN2CCC(O)CC2)cc1. The van der Waals surface area contributed by atoms with Crippen molar-refractivity contribution in [3.8, 4) is 0 Å². The summed E-state index contributed by atoms with van der Waals surface area (Å²) >= 11 is 0. The van der Waals surface area contributed by atoms with E-state index in [1.807, 2.05) is 24.3 Å². The minimum atomic E-state index is -4.41. The maximum Gasteiger partial charge on any atom is 0.416 e. The Kier molecular flexibility index (Phi) is 6.92. The smallest absolute Gasteiger partial charge is 0.393 e. The lowest BCUT2D eigenvalue weighted by molar-refractivity contribution is -0.137. The molecule has 0 bridgehead atoms. The van der Waals surface area contributed by atoms with E-state index >= 15 is 0 Å². The van der Waals surface area contributed by atoms with Crippen molar-refractivity contribution >= 4 is 5.91 Å². The number of hydrogen-bond acceptors (Lipinski definition) is 3. The Labute approximate surface area is 168 Å². The molecule has 0 spiro atoms. The van der Waals surface area contributed by atoms with Gasteiger partial charge in [-0.15, -0.1) is 0 Å². The standard InChI is InChI=1S/C22H25F3N2O2/c23-22(24,25)19-3-1-2-18(12-19)13-21(29)26-14-16-4-6-17(7-5-16)15-27-10-8-20(28)9-11-27/h1-7,12,20,28H,8-11,13-15H2,(H,26,29). The molecule has 1 aliphatic rings. The van der Waals surface area contributed by atoms with Gasteiger partial charge >= 0.3 is 6.18 Å². The molecule has 1 saturated heterocycles. The first-order chi connectivity index (χ1) is 13.8. The lowest BCUT2D eigenvalue weighted by atomic mass is 10.1. The predicted molar refractivity (Wildman–Crippen MR) is 104 cm³/mol. The maximum atomic E-state index is 12.8. The Morgan fingerprint density at radius 2 is 1.69 bits per heavy atom. The average Bonchev–Trinajstić information content (AvgIpc) is 2.69. The van der Waals surface area contributed by atoms with Gasteiger partial charge in [-0.1, -0.05) is 42.5 Å². The van der Waals surface area contributed by atoms with Crippen molar-refractivity contribution in [1.82, 2.24) is 10.2 Å². The second-order valence-electron chi connectivity index (χ2n) is 7.48. The third kappa shape index (κ3) is 6.58. The van der Waals surface area contributed by atoms with Crippen molar-refractivity contribution in [2.75, 3.05) is 13.1 Å². The molecular formula is C22H25F3N2O2. The highest BCUT2D eigenvalue weighted by Crippen LogP contribution is 2.29. The zero-order valence-electron chi connectivity index (χ0n) is 16.1. The van der Waals surface area contributed by atoms with Gasteiger partial charge in [0.2, 0.25) is 5.91 Å². The van der Waals surface area contributed by atoms with Crippen LogP contribution in [0.5, 0.6) is 0 Å². The van der Waals surface area contributed by atoms with Crippen molar-refractivity contribution in [2.24, 2.45) is 0 Å². The number of nitrogens with one attached hydrogen (secondary N) is 1. The molecule has 0 atom stereocenters. The lowest BCUT2D eigenvalue weighted by Gasteiger charge is -2.29. The third-order valence-corrected chi connectivity index (χ3v) is 5.09. The minimum Gasteiger partial charge on any atom is -0.393 e. The number of likely N-dealkylation sites (tertiary alicyclic amines) is 1. The van der Waals surface area contributed by atoms with Crippen molar-refractivity contribution in [3.63, 3.8) is 0 Å². The number of carbonyl (C=O) groups excluding carboxylic acids is 1. The highest BCUT2D eigenvalue weighted by Gasteiger charge is 2.30. The monoisotopic (exact) mass is 406 g/mol. The number of carbonyl (C=O) groups is 1. The Hall–Kier alpha value is -2.38. The minimum absolute atomic E-state index is 0.0944. The molecule has 2 aromatic carbocycles. The number of amides is 1. The van der Waals surface area contributed by atoms with Crippen LogP contribution in [0.2, 0.25) is 0 Å². The van der Waals surface area contributed by atoms with E-state index in [9.17, 15) is 23.1 Å². The largest absolute Gasteiger partial charge is 0.416 e. The van der Waals surface area contributed by atoms with E-state index in [2.05, 4.69) is 10.2 Å². The second kappa shape index (κ2) is 9.41. The zero-order valence-corrected chi connectivity index (χ0v) is 16.1. The van der Waals surface area contributed by atoms with Crippen LogP contribution in [0, 0.1) is 0 Å². The first kappa shape index (κ1) is 21.3. The first-order valence-corrected chi connectivity index (χ1v) is 9.70. The normalized spacial score (nSPS) is 16.0. The molecule has 1 aliphatic heterocycles. The predicted octanol–water partition coefficient (Wildman–Crippen LogP) is 3.52. The van der Waals surface area contributed by atoms with Gasteiger partial charge in [0.1, 0.15) is 0 Å². The Morgan fingerprint density at radius 3 is 2.34 bits per heavy atom. The van der Waals surface area contributed by atoms with Crippen LogP contribution < -0.4 is 5.32 Å². The van der Waals surface area contributed by atoms with Gasteiger partial charge in [0.05, 0.1) is 18.1 Å². The topological polar surface area (TPSA) is 52.6 Å². The van der Waals surface area contributed by atoms with E-state index in [1.54, 1.807) is 0 Å². The molecule has 0 saturated carbocycles. The Balaban J connectivity index is 1.47. The molecule has 2 aromatic rings. The fraction of sp³-hybridized carbons (Fsp3) is 0.409. The molecule has 1 amide bonds. The molecule has 1 fully saturated rings. The molecular weight excluding hydrogens is 381 g/mol. The maximum absolute atomic E-state index is 12.8. The molecule has 0 aromatic heterocycles. The summed E-state index contributed by atoms with van der Waals surface area (Å²) in [4.78, 5) is 14.4. The van der Waals surface area contributed by atoms with E-state index in [1.165, 1.54) is 17.7 Å². The number of alkyl halides is 3. The molecule has 2 N–H and O–H groups in total. The van der Waals surface area contributed by atoms with Crippen molar-refractivity contribution in [1.29, 1.82) is 0 Å². The van der Waals surface area contributed by atoms with Gasteiger partial charge in [-0.3, -0.25) is 9.69 Å². The quantitative estimate of drug-likeness (QED) is 0.772. The summed E-state index contributed by atoms with van der Waals surface area (Å²) in [5, 5.41) is 12.3. The molecule has 1 heterocycles. The highest BCUT2D eigenvalue weighted by molar-refractivity contribution is 5.78. The van der Waals surface area contributed by atoms with Crippen LogP contribution in [-0.4, -0.2) is 35.1 Å². The summed E-state index contributed by atoms with van der Waals surface area (Å²) in [5.41, 5.74) is 1.68. The van der Waals surface area contributed by atoms with Crippen LogP contribution in [0.4, 0.5) is 13.2 Å². The summed E-state index contributed by atoms with van der Waals surface area (Å²) in [6.07, 6.45) is -3.09. The van der Waals surface area contributed by atoms with E-state index in [-0.39, 0.29) is 18.4 Å². The number of hydrogen-bond donors (Lipinski definition) is 2. The molecule has 4 nitrogen and oxygen atoms in total. The van der Waals surface area contributed by atoms with Gasteiger partial charge < -0.3 is 10.4 Å². The molecule has 156 valence electrons. The van der Waals surface area contributed by atoms with Crippen molar-refractivity contribution < 1.29 is 23.1 Å².